The van der Waals surface area contributed by atoms with Gasteiger partial charge in [-0.3, -0.25) is 4.79 Å². The summed E-state index contributed by atoms with van der Waals surface area (Å²) in [5.41, 5.74) is 0. The first-order valence-corrected chi connectivity index (χ1v) is 4.52. The van der Waals surface area contributed by atoms with Gasteiger partial charge in [0.05, 0.1) is 0 Å². The van der Waals surface area contributed by atoms with Crippen molar-refractivity contribution in [3.05, 3.63) is 0 Å². The third-order valence-electron chi connectivity index (χ3n) is 1.50. The zero-order chi connectivity index (χ0) is 10.5. The summed E-state index contributed by atoms with van der Waals surface area (Å²) in [4.78, 5) is 10.7. The minimum atomic E-state index is 0. The number of nitrogens with zero attached hydrogens (tertiary/aromatic N) is 2. The van der Waals surface area contributed by atoms with Gasteiger partial charge in [0.25, 0.3) is 0 Å². The summed E-state index contributed by atoms with van der Waals surface area (Å²) in [5.74, 6) is 0.406. The number of carbonyl (C=O) groups is 1. The molecule has 0 radical (unpaired) electrons. The van der Waals surface area contributed by atoms with Gasteiger partial charge in [-0.15, -0.1) is 0 Å². The average molecular weight is 204 g/mol. The van der Waals surface area contributed by atoms with E-state index in [0.29, 0.717) is 12.2 Å². The normalized spacial score (nSPS) is 6.86. The molecule has 0 rings (SSSR count). The van der Waals surface area contributed by atoms with Crippen molar-refractivity contribution >= 4 is 5.78 Å². The second-order valence-corrected chi connectivity index (χ2v) is 2.57. The van der Waals surface area contributed by atoms with Crippen molar-refractivity contribution in [2.24, 2.45) is 0 Å². The first kappa shape index (κ1) is 19.3. The summed E-state index contributed by atoms with van der Waals surface area (Å²) < 4.78 is 0. The molecule has 74 valence electrons. The Morgan fingerprint density at radius 3 is 2.00 bits per heavy atom. The molecule has 0 amide bonds. The SMILES string of the molecule is CCCCCC(=O)CC.N#CC#N.[H-].[Na+]. The van der Waals surface area contributed by atoms with Crippen LogP contribution in [0.3, 0.4) is 0 Å². The predicted molar refractivity (Wildman–Crippen MR) is 51.8 cm³/mol. The maximum Gasteiger partial charge on any atom is 1.00 e. The second-order valence-electron chi connectivity index (χ2n) is 2.57. The Hall–Kier alpha value is -0.350. The Bertz CT molecular complexity index is 196. The Morgan fingerprint density at radius 1 is 1.21 bits per heavy atom. The number of Topliss-reactive ketones (excluding diaryl/α,β-unsaturated/α-hetero) is 1. The van der Waals surface area contributed by atoms with Gasteiger partial charge in [0.2, 0.25) is 0 Å². The number of carbonyl (C=O) groups excluding carboxylic acids is 1. The van der Waals surface area contributed by atoms with Gasteiger partial charge in [0.1, 0.15) is 5.78 Å². The van der Waals surface area contributed by atoms with Crippen molar-refractivity contribution < 1.29 is 35.8 Å². The van der Waals surface area contributed by atoms with Gasteiger partial charge in [-0.25, -0.2) is 0 Å². The second kappa shape index (κ2) is 18.4. The molecule has 0 N–H and O–H groups in total. The molecule has 4 heteroatoms. The smallest absolute Gasteiger partial charge is 1.00 e. The number of hydrogen-bond donors (Lipinski definition) is 0. The van der Waals surface area contributed by atoms with E-state index in [2.05, 4.69) is 6.92 Å². The van der Waals surface area contributed by atoms with Crippen LogP contribution in [0.1, 0.15) is 47.4 Å². The molecular weight excluding hydrogens is 187 g/mol. The van der Waals surface area contributed by atoms with Crippen LogP contribution in [-0.2, 0) is 4.79 Å². The molecule has 0 aromatic heterocycles. The standard InChI is InChI=1S/C8H16O.C2N2.Na.H/c1-3-5-6-7-8(9)4-2;3-1-2-4;;/h3-7H2,1-2H3;;;/q;;+1;-1. The summed E-state index contributed by atoms with van der Waals surface area (Å²) in [5, 5.41) is 14.5. The Labute approximate surface area is 110 Å². The number of nitriles is 2. The van der Waals surface area contributed by atoms with Gasteiger partial charge in [-0.1, -0.05) is 26.7 Å². The molecule has 0 aliphatic carbocycles. The third kappa shape index (κ3) is 22.6. The summed E-state index contributed by atoms with van der Waals surface area (Å²) in [6, 6.07) is 2.47. The fraction of sp³-hybridized carbons (Fsp3) is 0.700. The molecule has 0 fully saturated rings. The number of rotatable bonds is 5. The fourth-order valence-corrected chi connectivity index (χ4v) is 0.749. The Balaban J connectivity index is -0.0000000883. The minimum Gasteiger partial charge on any atom is -1.00 e. The van der Waals surface area contributed by atoms with Crippen LogP contribution in [0.5, 0.6) is 0 Å². The minimum absolute atomic E-state index is 0. The van der Waals surface area contributed by atoms with Crippen molar-refractivity contribution in [3.8, 4) is 12.1 Å². The van der Waals surface area contributed by atoms with E-state index in [-0.39, 0.29) is 31.0 Å². The van der Waals surface area contributed by atoms with E-state index in [9.17, 15) is 4.79 Å². The molecule has 0 bridgehead atoms. The first-order valence-electron chi connectivity index (χ1n) is 4.52. The molecule has 3 nitrogen and oxygen atoms in total. The molecule has 0 spiro atoms. The molecule has 0 aliphatic heterocycles. The molecule has 0 unspecified atom stereocenters. The number of ketones is 1. The summed E-state index contributed by atoms with van der Waals surface area (Å²) in [6.07, 6.45) is 5.00. The van der Waals surface area contributed by atoms with Crippen LogP contribution in [0.4, 0.5) is 0 Å². The summed E-state index contributed by atoms with van der Waals surface area (Å²) in [6.45, 7) is 4.07. The maximum absolute atomic E-state index is 10.7. The van der Waals surface area contributed by atoms with Crippen LogP contribution in [-0.4, -0.2) is 5.78 Å². The molecule has 0 aromatic carbocycles. The topological polar surface area (TPSA) is 64.7 Å². The molecule has 0 heterocycles. The largest absolute Gasteiger partial charge is 1.00 e. The van der Waals surface area contributed by atoms with E-state index in [1.54, 1.807) is 0 Å². The van der Waals surface area contributed by atoms with Crippen LogP contribution >= 0.6 is 0 Å². The first-order chi connectivity index (χ1) is 6.22. The zero-order valence-corrected chi connectivity index (χ0v) is 11.3. The van der Waals surface area contributed by atoms with Crippen LogP contribution in [0.25, 0.3) is 0 Å². The molecule has 0 saturated carbocycles. The van der Waals surface area contributed by atoms with E-state index in [4.69, 9.17) is 10.5 Å². The number of hydrogen-bond acceptors (Lipinski definition) is 3. The van der Waals surface area contributed by atoms with Crippen LogP contribution in [0, 0.1) is 22.7 Å². The monoisotopic (exact) mass is 204 g/mol. The third-order valence-corrected chi connectivity index (χ3v) is 1.50. The van der Waals surface area contributed by atoms with E-state index < -0.39 is 0 Å². The van der Waals surface area contributed by atoms with E-state index >= 15 is 0 Å². The maximum atomic E-state index is 10.7. The van der Waals surface area contributed by atoms with Crippen molar-refractivity contribution in [2.75, 3.05) is 0 Å². The number of unbranched alkanes of at least 4 members (excludes halogenated alkanes) is 2. The molecule has 14 heavy (non-hydrogen) atoms. The van der Waals surface area contributed by atoms with Crippen molar-refractivity contribution in [2.45, 2.75) is 46.0 Å². The van der Waals surface area contributed by atoms with Gasteiger partial charge in [-0.2, -0.15) is 10.5 Å². The van der Waals surface area contributed by atoms with Crippen LogP contribution < -0.4 is 29.6 Å². The quantitative estimate of drug-likeness (QED) is 0.456. The molecule has 0 aliphatic rings. The fourth-order valence-electron chi connectivity index (χ4n) is 0.749. The van der Waals surface area contributed by atoms with Gasteiger partial charge in [0.15, 0.2) is 12.1 Å². The van der Waals surface area contributed by atoms with Crippen molar-refractivity contribution in [1.29, 1.82) is 10.5 Å². The predicted octanol–water partition coefficient (Wildman–Crippen LogP) is -0.304. The van der Waals surface area contributed by atoms with Crippen LogP contribution in [0.2, 0.25) is 0 Å². The van der Waals surface area contributed by atoms with Gasteiger partial charge in [-0.05, 0) is 6.42 Å². The average Bonchev–Trinajstić information content (AvgIpc) is 2.18. The van der Waals surface area contributed by atoms with Gasteiger partial charge >= 0.3 is 29.6 Å². The van der Waals surface area contributed by atoms with E-state index in [0.717, 1.165) is 12.8 Å². The van der Waals surface area contributed by atoms with Gasteiger partial charge in [0, 0.05) is 12.8 Å². The van der Waals surface area contributed by atoms with Crippen LogP contribution in [0.15, 0.2) is 0 Å². The van der Waals surface area contributed by atoms with E-state index in [1.165, 1.54) is 25.0 Å². The van der Waals surface area contributed by atoms with Gasteiger partial charge < -0.3 is 1.43 Å². The zero-order valence-electron chi connectivity index (χ0n) is 10.3. The van der Waals surface area contributed by atoms with E-state index in [1.807, 2.05) is 6.92 Å². The summed E-state index contributed by atoms with van der Waals surface area (Å²) in [7, 11) is 0. The summed E-state index contributed by atoms with van der Waals surface area (Å²) >= 11 is 0. The molecular formula is C10H17N2NaO. The molecule has 0 atom stereocenters. The van der Waals surface area contributed by atoms with Crippen molar-refractivity contribution in [3.63, 3.8) is 0 Å². The Kier molecular flexibility index (Phi) is 25.4. The Morgan fingerprint density at radius 2 is 1.71 bits per heavy atom. The van der Waals surface area contributed by atoms with Crippen molar-refractivity contribution in [1.82, 2.24) is 0 Å². The molecule has 0 saturated heterocycles. The molecule has 0 aromatic rings.